The van der Waals surface area contributed by atoms with Crippen molar-refractivity contribution in [2.45, 2.75) is 20.4 Å². The number of aromatic nitrogens is 2. The number of morpholine rings is 1. The van der Waals surface area contributed by atoms with E-state index in [9.17, 15) is 4.79 Å². The molecule has 0 aliphatic carbocycles. The first-order valence-electron chi connectivity index (χ1n) is 9.82. The number of rotatable bonds is 6. The molecule has 0 unspecified atom stereocenters. The highest BCUT2D eigenvalue weighted by molar-refractivity contribution is 7.18. The van der Waals surface area contributed by atoms with Crippen molar-refractivity contribution in [1.82, 2.24) is 20.3 Å². The van der Waals surface area contributed by atoms with Crippen molar-refractivity contribution < 1.29 is 14.3 Å². The molecule has 9 heteroatoms. The number of aryl methyl sites for hydroxylation is 2. The topological polar surface area (TPSA) is 88.6 Å². The number of anilines is 1. The van der Waals surface area contributed by atoms with Crippen LogP contribution in [0.4, 0.5) is 5.82 Å². The third kappa shape index (κ3) is 4.38. The Morgan fingerprint density at radius 3 is 2.63 bits per heavy atom. The molecule has 4 rings (SSSR count). The summed E-state index contributed by atoms with van der Waals surface area (Å²) >= 11 is 1.64. The molecule has 3 heterocycles. The van der Waals surface area contributed by atoms with Crippen molar-refractivity contribution in [3.63, 3.8) is 0 Å². The highest BCUT2D eigenvalue weighted by Crippen LogP contribution is 2.33. The monoisotopic (exact) mass is 427 g/mol. The minimum absolute atomic E-state index is 0.247. The molecule has 0 atom stereocenters. The molecule has 158 valence electrons. The van der Waals surface area contributed by atoms with E-state index in [-0.39, 0.29) is 5.91 Å². The standard InChI is InChI=1S/C21H25N5O3S/c1-13-14(2)30-21-18(13)19(22-17(23-21)12-26-8-10-29-11-9-26)24-25-20(27)15-4-6-16(28-3)7-5-15/h4-7H,8-12H2,1-3H3,(H,25,27)(H,22,23,24). The number of carbonyl (C=O) groups excluding carboxylic acids is 1. The normalized spacial score (nSPS) is 14.6. The van der Waals surface area contributed by atoms with E-state index in [2.05, 4.69) is 29.6 Å². The number of hydrogen-bond donors (Lipinski definition) is 2. The largest absolute Gasteiger partial charge is 0.497 e. The maximum absolute atomic E-state index is 12.6. The second-order valence-electron chi connectivity index (χ2n) is 7.15. The average Bonchev–Trinajstić information content (AvgIpc) is 3.06. The van der Waals surface area contributed by atoms with Gasteiger partial charge in [-0.25, -0.2) is 9.97 Å². The Balaban J connectivity index is 1.56. The summed E-state index contributed by atoms with van der Waals surface area (Å²) in [5, 5.41) is 0.943. The third-order valence-electron chi connectivity index (χ3n) is 5.19. The van der Waals surface area contributed by atoms with Gasteiger partial charge in [-0.3, -0.25) is 20.5 Å². The van der Waals surface area contributed by atoms with Crippen LogP contribution < -0.4 is 15.6 Å². The summed E-state index contributed by atoms with van der Waals surface area (Å²) in [5.41, 5.74) is 7.44. The molecule has 1 fully saturated rings. The number of amides is 1. The summed E-state index contributed by atoms with van der Waals surface area (Å²) in [6.07, 6.45) is 0. The van der Waals surface area contributed by atoms with Gasteiger partial charge in [0.15, 0.2) is 5.82 Å². The Labute approximate surface area is 179 Å². The van der Waals surface area contributed by atoms with Crippen molar-refractivity contribution in [3.8, 4) is 5.75 Å². The first kappa shape index (κ1) is 20.5. The number of carbonyl (C=O) groups is 1. The summed E-state index contributed by atoms with van der Waals surface area (Å²) < 4.78 is 10.6. The molecule has 2 aromatic heterocycles. The van der Waals surface area contributed by atoms with Crippen molar-refractivity contribution in [3.05, 3.63) is 46.1 Å². The predicted octanol–water partition coefficient (Wildman–Crippen LogP) is 2.91. The molecule has 30 heavy (non-hydrogen) atoms. The molecule has 3 aromatic rings. The molecule has 1 aliphatic heterocycles. The predicted molar refractivity (Wildman–Crippen MR) is 117 cm³/mol. The Kier molecular flexibility index (Phi) is 6.12. The van der Waals surface area contributed by atoms with Crippen molar-refractivity contribution in [2.24, 2.45) is 0 Å². The Bertz CT molecular complexity index is 1040. The molecule has 0 spiro atoms. The molecule has 1 aromatic carbocycles. The second kappa shape index (κ2) is 8.95. The fourth-order valence-electron chi connectivity index (χ4n) is 3.34. The van der Waals surface area contributed by atoms with Crippen LogP contribution >= 0.6 is 11.3 Å². The second-order valence-corrected chi connectivity index (χ2v) is 8.35. The number of benzene rings is 1. The summed E-state index contributed by atoms with van der Waals surface area (Å²) in [6.45, 7) is 7.95. The first-order chi connectivity index (χ1) is 14.5. The van der Waals surface area contributed by atoms with Crippen LogP contribution in [0.25, 0.3) is 10.2 Å². The Hall–Kier alpha value is -2.75. The number of nitrogens with zero attached hydrogens (tertiary/aromatic N) is 3. The van der Waals surface area contributed by atoms with Gasteiger partial charge in [-0.05, 0) is 43.7 Å². The quantitative estimate of drug-likeness (QED) is 0.585. The van der Waals surface area contributed by atoms with Crippen molar-refractivity contribution in [1.29, 1.82) is 0 Å². The minimum Gasteiger partial charge on any atom is -0.497 e. The molecule has 0 bridgehead atoms. The van der Waals surface area contributed by atoms with E-state index in [4.69, 9.17) is 19.4 Å². The molecule has 1 saturated heterocycles. The van der Waals surface area contributed by atoms with Crippen LogP contribution in [-0.4, -0.2) is 54.2 Å². The van der Waals surface area contributed by atoms with Gasteiger partial charge in [-0.15, -0.1) is 11.3 Å². The van der Waals surface area contributed by atoms with Crippen molar-refractivity contribution >= 4 is 33.3 Å². The van der Waals surface area contributed by atoms with Crippen LogP contribution in [0.15, 0.2) is 24.3 Å². The van der Waals surface area contributed by atoms with Gasteiger partial charge >= 0.3 is 0 Å². The van der Waals surface area contributed by atoms with Gasteiger partial charge in [0, 0.05) is 23.5 Å². The van der Waals surface area contributed by atoms with E-state index in [1.807, 2.05) is 0 Å². The van der Waals surface area contributed by atoms with Crippen LogP contribution in [0.3, 0.4) is 0 Å². The van der Waals surface area contributed by atoms with E-state index < -0.39 is 0 Å². The van der Waals surface area contributed by atoms with Crippen LogP contribution in [0.2, 0.25) is 0 Å². The number of methoxy groups -OCH3 is 1. The number of hydrazine groups is 1. The maximum atomic E-state index is 12.6. The fourth-order valence-corrected chi connectivity index (χ4v) is 4.39. The van der Waals surface area contributed by atoms with Crippen LogP contribution in [0.1, 0.15) is 26.6 Å². The molecular weight excluding hydrogens is 402 g/mol. The minimum atomic E-state index is -0.247. The van der Waals surface area contributed by atoms with Crippen LogP contribution in [0.5, 0.6) is 5.75 Å². The molecule has 1 amide bonds. The van der Waals surface area contributed by atoms with Gasteiger partial charge in [0.05, 0.1) is 32.3 Å². The Morgan fingerprint density at radius 1 is 1.20 bits per heavy atom. The van der Waals surface area contributed by atoms with Crippen molar-refractivity contribution in [2.75, 3.05) is 38.8 Å². The van der Waals surface area contributed by atoms with Gasteiger partial charge in [0.25, 0.3) is 5.91 Å². The van der Waals surface area contributed by atoms with Crippen LogP contribution in [0, 0.1) is 13.8 Å². The van der Waals surface area contributed by atoms with E-state index in [0.29, 0.717) is 23.7 Å². The lowest BCUT2D eigenvalue weighted by molar-refractivity contribution is 0.0331. The lowest BCUT2D eigenvalue weighted by Gasteiger charge is -2.25. The lowest BCUT2D eigenvalue weighted by atomic mass is 10.2. The van der Waals surface area contributed by atoms with Gasteiger partial charge in [-0.1, -0.05) is 0 Å². The van der Waals surface area contributed by atoms with Gasteiger partial charge in [0.2, 0.25) is 0 Å². The summed E-state index contributed by atoms with van der Waals surface area (Å²) in [7, 11) is 1.59. The highest BCUT2D eigenvalue weighted by atomic mass is 32.1. The van der Waals surface area contributed by atoms with E-state index >= 15 is 0 Å². The molecule has 0 radical (unpaired) electrons. The molecule has 1 aliphatic rings. The summed E-state index contributed by atoms with van der Waals surface area (Å²) in [4.78, 5) is 26.5. The van der Waals surface area contributed by atoms with Crippen LogP contribution in [-0.2, 0) is 11.3 Å². The lowest BCUT2D eigenvalue weighted by Crippen LogP contribution is -2.36. The average molecular weight is 428 g/mol. The zero-order valence-electron chi connectivity index (χ0n) is 17.3. The zero-order chi connectivity index (χ0) is 21.1. The molecular formula is C21H25N5O3S. The van der Waals surface area contributed by atoms with Gasteiger partial charge in [0.1, 0.15) is 16.4 Å². The Morgan fingerprint density at radius 2 is 1.93 bits per heavy atom. The summed E-state index contributed by atoms with van der Waals surface area (Å²) in [6, 6.07) is 6.94. The molecule has 8 nitrogen and oxygen atoms in total. The van der Waals surface area contributed by atoms with E-state index in [1.165, 1.54) is 4.88 Å². The first-order valence-corrected chi connectivity index (χ1v) is 10.6. The fraction of sp³-hybridized carbons (Fsp3) is 0.381. The number of thiophene rings is 1. The number of nitrogens with one attached hydrogen (secondary N) is 2. The number of ether oxygens (including phenoxy) is 2. The van der Waals surface area contributed by atoms with E-state index in [1.54, 1.807) is 42.7 Å². The van der Waals surface area contributed by atoms with Gasteiger partial charge in [-0.2, -0.15) is 0 Å². The smallest absolute Gasteiger partial charge is 0.269 e. The summed E-state index contributed by atoms with van der Waals surface area (Å²) in [5.74, 6) is 1.80. The number of hydrogen-bond acceptors (Lipinski definition) is 8. The zero-order valence-corrected chi connectivity index (χ0v) is 18.1. The van der Waals surface area contributed by atoms with Gasteiger partial charge < -0.3 is 9.47 Å². The number of fused-ring (bicyclic) bond motifs is 1. The molecule has 2 N–H and O–H groups in total. The maximum Gasteiger partial charge on any atom is 0.269 e. The molecule has 0 saturated carbocycles. The third-order valence-corrected chi connectivity index (χ3v) is 6.29. The highest BCUT2D eigenvalue weighted by Gasteiger charge is 2.18. The van der Waals surface area contributed by atoms with E-state index in [0.717, 1.165) is 47.9 Å². The SMILES string of the molecule is COc1ccc(C(=O)NNc2nc(CN3CCOCC3)nc3sc(C)c(C)c23)cc1.